The molecule has 0 atom stereocenters. The van der Waals surface area contributed by atoms with Crippen LogP contribution in [0.3, 0.4) is 0 Å². The minimum atomic E-state index is -0.0872. The average molecular weight is 778 g/mol. The van der Waals surface area contributed by atoms with Crippen LogP contribution in [0, 0.1) is 0 Å². The van der Waals surface area contributed by atoms with Gasteiger partial charge < -0.3 is 23.9 Å². The molecule has 0 fully saturated rings. The van der Waals surface area contributed by atoms with Crippen LogP contribution in [0.1, 0.15) is 0 Å². The zero-order valence-corrected chi connectivity index (χ0v) is 32.9. The van der Waals surface area contributed by atoms with Gasteiger partial charge in [0.1, 0.15) is 22.7 Å². The summed E-state index contributed by atoms with van der Waals surface area (Å²) in [6.45, 7) is -0.127. The predicted octanol–water partition coefficient (Wildman–Crippen LogP) is 10.1. The molecule has 1 aromatic heterocycles. The largest absolute Gasteiger partial charge is 0.458 e. The van der Waals surface area contributed by atoms with Crippen molar-refractivity contribution in [2.45, 2.75) is 0 Å². The zero-order chi connectivity index (χ0) is 39.8. The number of ether oxygens (including phenoxy) is 1. The number of para-hydroxylation sites is 5. The van der Waals surface area contributed by atoms with E-state index in [1.807, 2.05) is 0 Å². The van der Waals surface area contributed by atoms with Crippen molar-refractivity contribution in [2.24, 2.45) is 0 Å². The Labute approximate surface area is 353 Å². The Morgan fingerprint density at radius 2 is 0.918 bits per heavy atom. The first-order chi connectivity index (χ1) is 30.3. The number of hydrogen-bond donors (Lipinski definition) is 0. The first-order valence-electron chi connectivity index (χ1n) is 21.0. The molecular formula is C54H33B2N3O2. The lowest BCUT2D eigenvalue weighted by atomic mass is 9.30. The lowest BCUT2D eigenvalue weighted by Gasteiger charge is -2.45. The van der Waals surface area contributed by atoms with Gasteiger partial charge in [-0.25, -0.2) is 0 Å². The van der Waals surface area contributed by atoms with Crippen molar-refractivity contribution in [1.29, 1.82) is 0 Å². The fourth-order valence-corrected chi connectivity index (χ4v) is 10.9. The Morgan fingerprint density at radius 3 is 1.67 bits per heavy atom. The Morgan fingerprint density at radius 1 is 0.344 bits per heavy atom. The van der Waals surface area contributed by atoms with Crippen molar-refractivity contribution >= 4 is 119 Å². The van der Waals surface area contributed by atoms with Gasteiger partial charge in [0, 0.05) is 57.0 Å². The van der Waals surface area contributed by atoms with Gasteiger partial charge in [0.05, 0.1) is 11.1 Å². The van der Waals surface area contributed by atoms with Crippen LogP contribution < -0.4 is 52.2 Å². The smallest absolute Gasteiger partial charge is 0.256 e. The van der Waals surface area contributed by atoms with E-state index >= 15 is 0 Å². The molecule has 4 aliphatic heterocycles. The number of hydrogen-bond acceptors (Lipinski definition) is 5. The summed E-state index contributed by atoms with van der Waals surface area (Å²) in [7, 11) is 0. The Hall–Kier alpha value is -7.89. The Bertz CT molecular complexity index is 3450. The van der Waals surface area contributed by atoms with Crippen LogP contribution in [-0.4, -0.2) is 13.4 Å². The molecule has 4 aliphatic rings. The van der Waals surface area contributed by atoms with Gasteiger partial charge in [-0.3, -0.25) is 0 Å². The second-order valence-corrected chi connectivity index (χ2v) is 16.4. The maximum absolute atomic E-state index is 7.13. The first-order valence-corrected chi connectivity index (χ1v) is 21.0. The van der Waals surface area contributed by atoms with E-state index in [1.54, 1.807) is 0 Å². The van der Waals surface area contributed by atoms with Crippen LogP contribution >= 0.6 is 0 Å². The quantitative estimate of drug-likeness (QED) is 0.167. The van der Waals surface area contributed by atoms with E-state index in [0.717, 1.165) is 78.9 Å². The maximum Gasteiger partial charge on any atom is 0.256 e. The fraction of sp³-hybridized carbons (Fsp3) is 0. The highest BCUT2D eigenvalue weighted by atomic mass is 16.5. The fourth-order valence-electron chi connectivity index (χ4n) is 10.9. The zero-order valence-electron chi connectivity index (χ0n) is 32.9. The van der Waals surface area contributed by atoms with Crippen LogP contribution in [0.25, 0.3) is 21.9 Å². The molecule has 282 valence electrons. The van der Waals surface area contributed by atoms with E-state index in [1.165, 1.54) is 38.5 Å². The van der Waals surface area contributed by atoms with Gasteiger partial charge in [-0.15, -0.1) is 0 Å². The standard InChI is InChI=1S/C54H33B2N3O2/c1-4-16-34(17-5-1)57-42-24-12-11-23-38(42)55-41-32-40-46(33-50(41)61-49-29-15-27-45(57)53(49)55)58(35-18-6-2-7-19-35)43-25-14-26-44-52(43)56(40)39-30-31-48-51(37-22-10-13-28-47(37)60-48)54(39)59(44)36-20-8-3-9-21-36/h1-33H. The number of anilines is 9. The SMILES string of the molecule is c1ccc(N2c3ccccc3B3c4cc5c(cc4Oc4cccc2c43)N(c2ccccc2)c2cccc3c2B5c2ccc4oc5ccccc5c4c2N3c2ccccc2)cc1. The van der Waals surface area contributed by atoms with Gasteiger partial charge in [-0.1, -0.05) is 115 Å². The van der Waals surface area contributed by atoms with E-state index in [-0.39, 0.29) is 13.4 Å². The maximum atomic E-state index is 7.13. The first kappa shape index (κ1) is 33.0. The van der Waals surface area contributed by atoms with E-state index in [0.29, 0.717) is 0 Å². The van der Waals surface area contributed by atoms with E-state index in [4.69, 9.17) is 9.15 Å². The average Bonchev–Trinajstić information content (AvgIpc) is 3.71. The van der Waals surface area contributed by atoms with Crippen LogP contribution in [0.5, 0.6) is 11.5 Å². The number of fused-ring (bicyclic) bond motifs is 12. The molecule has 5 nitrogen and oxygen atoms in total. The second kappa shape index (κ2) is 12.3. The topological polar surface area (TPSA) is 32.1 Å². The molecule has 61 heavy (non-hydrogen) atoms. The molecule has 0 bridgehead atoms. The lowest BCUT2D eigenvalue weighted by Crippen LogP contribution is -2.64. The van der Waals surface area contributed by atoms with Gasteiger partial charge >= 0.3 is 0 Å². The number of nitrogens with zero attached hydrogens (tertiary/aromatic N) is 3. The summed E-state index contributed by atoms with van der Waals surface area (Å²) in [5.41, 5.74) is 19.4. The summed E-state index contributed by atoms with van der Waals surface area (Å²) in [5.74, 6) is 1.78. The summed E-state index contributed by atoms with van der Waals surface area (Å²) >= 11 is 0. The highest BCUT2D eigenvalue weighted by Crippen LogP contribution is 2.49. The summed E-state index contributed by atoms with van der Waals surface area (Å²) in [6, 6.07) is 72.3. The monoisotopic (exact) mass is 777 g/mol. The highest BCUT2D eigenvalue weighted by molar-refractivity contribution is 7.02. The molecule has 7 heteroatoms. The summed E-state index contributed by atoms with van der Waals surface area (Å²) in [6.07, 6.45) is 0. The van der Waals surface area contributed by atoms with Crippen molar-refractivity contribution in [3.8, 4) is 11.5 Å². The molecule has 9 aromatic carbocycles. The molecule has 0 aliphatic carbocycles. The molecule has 0 unspecified atom stereocenters. The van der Waals surface area contributed by atoms with E-state index < -0.39 is 0 Å². The third-order valence-electron chi connectivity index (χ3n) is 13.3. The summed E-state index contributed by atoms with van der Waals surface area (Å²) < 4.78 is 13.7. The summed E-state index contributed by atoms with van der Waals surface area (Å²) in [4.78, 5) is 7.32. The molecule has 5 heterocycles. The third kappa shape index (κ3) is 4.47. The molecule has 14 rings (SSSR count). The number of benzene rings is 9. The minimum Gasteiger partial charge on any atom is -0.458 e. The second-order valence-electron chi connectivity index (χ2n) is 16.4. The molecule has 10 aromatic rings. The normalized spacial score (nSPS) is 13.9. The molecule has 0 spiro atoms. The summed E-state index contributed by atoms with van der Waals surface area (Å²) in [5, 5.41) is 2.24. The predicted molar refractivity (Wildman–Crippen MR) is 254 cm³/mol. The van der Waals surface area contributed by atoms with Crippen molar-refractivity contribution in [1.82, 2.24) is 0 Å². The van der Waals surface area contributed by atoms with Crippen molar-refractivity contribution in [2.75, 3.05) is 14.7 Å². The van der Waals surface area contributed by atoms with Crippen molar-refractivity contribution < 1.29 is 9.15 Å². The number of furan rings is 1. The van der Waals surface area contributed by atoms with Gasteiger partial charge in [0.25, 0.3) is 13.4 Å². The van der Waals surface area contributed by atoms with Gasteiger partial charge in [0.2, 0.25) is 0 Å². The Balaban J connectivity index is 1.08. The van der Waals surface area contributed by atoms with Crippen LogP contribution in [-0.2, 0) is 0 Å². The van der Waals surface area contributed by atoms with Crippen molar-refractivity contribution in [3.05, 3.63) is 200 Å². The van der Waals surface area contributed by atoms with E-state index in [9.17, 15) is 0 Å². The van der Waals surface area contributed by atoms with Crippen LogP contribution in [0.4, 0.5) is 51.2 Å². The number of rotatable bonds is 3. The highest BCUT2D eigenvalue weighted by Gasteiger charge is 2.47. The van der Waals surface area contributed by atoms with E-state index in [2.05, 4.69) is 215 Å². The molecule has 0 radical (unpaired) electrons. The molecule has 0 N–H and O–H groups in total. The van der Waals surface area contributed by atoms with Gasteiger partial charge in [-0.2, -0.15) is 0 Å². The van der Waals surface area contributed by atoms with Crippen LogP contribution in [0.15, 0.2) is 205 Å². The Kier molecular flexibility index (Phi) is 6.66. The van der Waals surface area contributed by atoms with Crippen LogP contribution in [0.2, 0.25) is 0 Å². The molecular weight excluding hydrogens is 744 g/mol. The molecule has 0 saturated carbocycles. The third-order valence-corrected chi connectivity index (χ3v) is 13.3. The molecule has 0 saturated heterocycles. The minimum absolute atomic E-state index is 0.0394. The van der Waals surface area contributed by atoms with Gasteiger partial charge in [0.15, 0.2) is 0 Å². The lowest BCUT2D eigenvalue weighted by molar-refractivity contribution is 0.488. The van der Waals surface area contributed by atoms with Gasteiger partial charge in [-0.05, 0) is 112 Å². The van der Waals surface area contributed by atoms with Crippen molar-refractivity contribution in [3.63, 3.8) is 0 Å². The molecule has 0 amide bonds.